The Balaban J connectivity index is 1.77. The molecule has 1 aromatic carbocycles. The molecule has 4 atom stereocenters. The average Bonchev–Trinajstić information content (AvgIpc) is 3.04. The molecular weight excluding hydrogens is 278 g/mol. The van der Waals surface area contributed by atoms with Crippen molar-refractivity contribution in [2.75, 3.05) is 6.54 Å². The Kier molecular flexibility index (Phi) is 3.94. The number of carbonyl (C=O) groups excluding carboxylic acids is 2. The van der Waals surface area contributed by atoms with E-state index in [1.165, 1.54) is 4.90 Å². The van der Waals surface area contributed by atoms with E-state index < -0.39 is 24.0 Å². The van der Waals surface area contributed by atoms with Crippen LogP contribution in [0.2, 0.25) is 0 Å². The van der Waals surface area contributed by atoms with E-state index in [2.05, 4.69) is 13.2 Å². The quantitative estimate of drug-likeness (QED) is 0.616. The zero-order chi connectivity index (χ0) is 15.7. The van der Waals surface area contributed by atoms with Crippen LogP contribution in [0.4, 0.5) is 0 Å². The van der Waals surface area contributed by atoms with Gasteiger partial charge in [0.05, 0.1) is 24.0 Å². The fraction of sp³-hybridized carbons (Fsp3) is 0.333. The van der Waals surface area contributed by atoms with E-state index in [0.717, 1.165) is 5.56 Å². The molecule has 2 fully saturated rings. The van der Waals surface area contributed by atoms with Crippen LogP contribution in [0.5, 0.6) is 0 Å². The summed E-state index contributed by atoms with van der Waals surface area (Å²) in [4.78, 5) is 26.6. The molecule has 0 saturated carbocycles. The normalized spacial score (nSPS) is 30.5. The van der Waals surface area contributed by atoms with Crippen LogP contribution in [0.15, 0.2) is 55.6 Å². The largest absolute Gasteiger partial charge is 0.365 e. The Bertz CT molecular complexity index is 578. The van der Waals surface area contributed by atoms with Crippen molar-refractivity contribution in [2.24, 2.45) is 11.8 Å². The molecule has 2 heterocycles. The first-order valence-corrected chi connectivity index (χ1v) is 7.47. The van der Waals surface area contributed by atoms with E-state index in [4.69, 9.17) is 4.74 Å². The first-order valence-electron chi connectivity index (χ1n) is 7.47. The zero-order valence-corrected chi connectivity index (χ0v) is 12.4. The first kappa shape index (κ1) is 14.7. The summed E-state index contributed by atoms with van der Waals surface area (Å²) in [5, 5.41) is 0. The topological polar surface area (TPSA) is 46.6 Å². The summed E-state index contributed by atoms with van der Waals surface area (Å²) in [7, 11) is 0. The van der Waals surface area contributed by atoms with Crippen LogP contribution >= 0.6 is 0 Å². The van der Waals surface area contributed by atoms with Crippen LogP contribution in [-0.2, 0) is 20.7 Å². The van der Waals surface area contributed by atoms with E-state index in [9.17, 15) is 9.59 Å². The van der Waals surface area contributed by atoms with Gasteiger partial charge in [-0.05, 0) is 12.0 Å². The minimum Gasteiger partial charge on any atom is -0.365 e. The molecule has 0 radical (unpaired) electrons. The van der Waals surface area contributed by atoms with Crippen molar-refractivity contribution in [3.63, 3.8) is 0 Å². The van der Waals surface area contributed by atoms with Gasteiger partial charge in [-0.2, -0.15) is 0 Å². The highest BCUT2D eigenvalue weighted by atomic mass is 16.5. The number of hydrogen-bond acceptors (Lipinski definition) is 3. The molecule has 2 amide bonds. The first-order chi connectivity index (χ1) is 10.7. The molecular formula is C18H19NO3. The van der Waals surface area contributed by atoms with Crippen molar-refractivity contribution in [1.29, 1.82) is 0 Å². The van der Waals surface area contributed by atoms with Crippen LogP contribution in [0.3, 0.4) is 0 Å². The number of rotatable bonds is 5. The number of hydrogen-bond donors (Lipinski definition) is 0. The zero-order valence-electron chi connectivity index (χ0n) is 12.4. The summed E-state index contributed by atoms with van der Waals surface area (Å²) < 4.78 is 5.67. The number of likely N-dealkylation sites (tertiary alicyclic amines) is 1. The second-order valence-corrected chi connectivity index (χ2v) is 5.65. The van der Waals surface area contributed by atoms with Crippen LogP contribution in [0, 0.1) is 11.8 Å². The summed E-state index contributed by atoms with van der Waals surface area (Å²) in [6, 6.07) is 9.84. The second-order valence-electron chi connectivity index (χ2n) is 5.65. The average molecular weight is 297 g/mol. The molecule has 0 aliphatic carbocycles. The third-order valence-corrected chi connectivity index (χ3v) is 4.44. The van der Waals surface area contributed by atoms with E-state index in [-0.39, 0.29) is 11.8 Å². The standard InChI is InChI=1S/C18H19NO3/c1-3-13-15-16(14(4-2)22-13)18(21)19(17(15)20)11-10-12-8-6-5-7-9-12/h3-9,13-16H,1-2,10-11H2/t13-,14+,15?,16?. The Morgan fingerprint density at radius 3 is 2.05 bits per heavy atom. The second kappa shape index (κ2) is 5.89. The molecule has 0 N–H and O–H groups in total. The van der Waals surface area contributed by atoms with Gasteiger partial charge in [0.1, 0.15) is 0 Å². The van der Waals surface area contributed by atoms with Crippen molar-refractivity contribution < 1.29 is 14.3 Å². The highest BCUT2D eigenvalue weighted by molar-refractivity contribution is 6.06. The minimum absolute atomic E-state index is 0.153. The molecule has 0 bridgehead atoms. The minimum atomic E-state index is -0.455. The molecule has 2 saturated heterocycles. The lowest BCUT2D eigenvalue weighted by molar-refractivity contribution is -0.142. The summed E-state index contributed by atoms with van der Waals surface area (Å²) in [6.07, 6.45) is 3.05. The number of fused-ring (bicyclic) bond motifs is 1. The van der Waals surface area contributed by atoms with Crippen molar-refractivity contribution in [2.45, 2.75) is 18.6 Å². The molecule has 2 aliphatic rings. The summed E-state index contributed by atoms with van der Waals surface area (Å²) in [5.74, 6) is -1.21. The van der Waals surface area contributed by atoms with Crippen LogP contribution in [0.25, 0.3) is 0 Å². The molecule has 4 heteroatoms. The number of ether oxygens (including phenoxy) is 1. The van der Waals surface area contributed by atoms with E-state index in [1.807, 2.05) is 30.3 Å². The third-order valence-electron chi connectivity index (χ3n) is 4.44. The number of imide groups is 1. The molecule has 0 spiro atoms. The maximum atomic E-state index is 12.6. The van der Waals surface area contributed by atoms with E-state index in [1.54, 1.807) is 12.2 Å². The summed E-state index contributed by atoms with van der Waals surface area (Å²) in [5.41, 5.74) is 1.11. The van der Waals surface area contributed by atoms with E-state index in [0.29, 0.717) is 13.0 Å². The van der Waals surface area contributed by atoms with Crippen molar-refractivity contribution in [3.8, 4) is 0 Å². The van der Waals surface area contributed by atoms with Gasteiger partial charge < -0.3 is 4.74 Å². The highest BCUT2D eigenvalue weighted by Gasteiger charge is 2.58. The van der Waals surface area contributed by atoms with Gasteiger partial charge in [0.25, 0.3) is 0 Å². The predicted molar refractivity (Wildman–Crippen MR) is 82.9 cm³/mol. The molecule has 0 aromatic heterocycles. The lowest BCUT2D eigenvalue weighted by Gasteiger charge is -2.19. The highest BCUT2D eigenvalue weighted by Crippen LogP contribution is 2.41. The van der Waals surface area contributed by atoms with E-state index >= 15 is 0 Å². The van der Waals surface area contributed by atoms with Gasteiger partial charge in [0.15, 0.2) is 0 Å². The molecule has 2 aliphatic heterocycles. The third kappa shape index (κ3) is 2.29. The molecule has 3 rings (SSSR count). The molecule has 1 aromatic rings. The Hall–Kier alpha value is -2.20. The smallest absolute Gasteiger partial charge is 0.236 e. The number of amides is 2. The van der Waals surface area contributed by atoms with Gasteiger partial charge in [0.2, 0.25) is 11.8 Å². The lowest BCUT2D eigenvalue weighted by Crippen LogP contribution is -2.36. The van der Waals surface area contributed by atoms with Gasteiger partial charge in [0, 0.05) is 6.54 Å². The van der Waals surface area contributed by atoms with Crippen LogP contribution < -0.4 is 0 Å². The van der Waals surface area contributed by atoms with Gasteiger partial charge in [-0.15, -0.1) is 13.2 Å². The van der Waals surface area contributed by atoms with Crippen LogP contribution in [0.1, 0.15) is 5.56 Å². The van der Waals surface area contributed by atoms with Gasteiger partial charge in [-0.25, -0.2) is 0 Å². The fourth-order valence-electron chi connectivity index (χ4n) is 3.33. The predicted octanol–water partition coefficient (Wildman–Crippen LogP) is 1.97. The summed E-state index contributed by atoms with van der Waals surface area (Å²) in [6.45, 7) is 7.82. The summed E-state index contributed by atoms with van der Waals surface area (Å²) >= 11 is 0. The maximum absolute atomic E-state index is 12.6. The van der Waals surface area contributed by atoms with Gasteiger partial charge >= 0.3 is 0 Å². The monoisotopic (exact) mass is 297 g/mol. The molecule has 4 nitrogen and oxygen atoms in total. The van der Waals surface area contributed by atoms with Gasteiger partial charge in [-0.1, -0.05) is 42.5 Å². The Labute approximate surface area is 130 Å². The lowest BCUT2D eigenvalue weighted by atomic mass is 9.89. The molecule has 114 valence electrons. The van der Waals surface area contributed by atoms with Crippen LogP contribution in [-0.4, -0.2) is 35.5 Å². The van der Waals surface area contributed by atoms with Crippen molar-refractivity contribution in [1.82, 2.24) is 4.90 Å². The number of nitrogens with zero attached hydrogens (tertiary/aromatic N) is 1. The molecule has 2 unspecified atom stereocenters. The Morgan fingerprint density at radius 1 is 1.00 bits per heavy atom. The van der Waals surface area contributed by atoms with Crippen molar-refractivity contribution in [3.05, 3.63) is 61.2 Å². The van der Waals surface area contributed by atoms with Crippen molar-refractivity contribution >= 4 is 11.8 Å². The number of carbonyl (C=O) groups is 2. The molecule has 22 heavy (non-hydrogen) atoms. The SMILES string of the molecule is C=C[C@@H]1O[C@H](C=C)C2C(=O)N(CCc3ccccc3)C(=O)C21. The van der Waals surface area contributed by atoms with Gasteiger partial charge in [-0.3, -0.25) is 14.5 Å². The number of benzene rings is 1. The maximum Gasteiger partial charge on any atom is 0.236 e. The Morgan fingerprint density at radius 2 is 1.55 bits per heavy atom. The fourth-order valence-corrected chi connectivity index (χ4v) is 3.33.